The molecule has 0 aromatic heterocycles. The number of rotatable bonds is 8. The normalized spacial score (nSPS) is 15.3. The smallest absolute Gasteiger partial charge is 0.240 e. The number of benzene rings is 2. The van der Waals surface area contributed by atoms with Crippen LogP contribution in [0.25, 0.3) is 0 Å². The third-order valence-electron chi connectivity index (χ3n) is 5.54. The van der Waals surface area contributed by atoms with E-state index in [1.54, 1.807) is 19.1 Å². The Kier molecular flexibility index (Phi) is 7.64. The summed E-state index contributed by atoms with van der Waals surface area (Å²) < 4.78 is 27.6. The van der Waals surface area contributed by atoms with Gasteiger partial charge in [-0.15, -0.1) is 0 Å². The number of carbonyl (C=O) groups excluding carboxylic acids is 1. The average molecular weight is 430 g/mol. The number of amides is 1. The lowest BCUT2D eigenvalue weighted by Crippen LogP contribution is -2.49. The van der Waals surface area contributed by atoms with Crippen LogP contribution < -0.4 is 4.72 Å². The lowest BCUT2D eigenvalue weighted by Gasteiger charge is -2.34. The van der Waals surface area contributed by atoms with Crippen molar-refractivity contribution in [2.45, 2.75) is 31.6 Å². The zero-order valence-electron chi connectivity index (χ0n) is 17.8. The van der Waals surface area contributed by atoms with E-state index in [-0.39, 0.29) is 23.8 Å². The molecule has 3 rings (SSSR count). The van der Waals surface area contributed by atoms with E-state index in [1.807, 2.05) is 24.0 Å². The van der Waals surface area contributed by atoms with Gasteiger partial charge in [0.1, 0.15) is 0 Å². The van der Waals surface area contributed by atoms with Crippen LogP contribution in [0.3, 0.4) is 0 Å². The summed E-state index contributed by atoms with van der Waals surface area (Å²) in [4.78, 5) is 17.0. The van der Waals surface area contributed by atoms with Crippen LogP contribution in [0, 0.1) is 13.8 Å². The summed E-state index contributed by atoms with van der Waals surface area (Å²) in [6.45, 7) is 7.90. The van der Waals surface area contributed by atoms with E-state index in [0.717, 1.165) is 31.6 Å². The van der Waals surface area contributed by atoms with E-state index in [9.17, 15) is 13.2 Å². The van der Waals surface area contributed by atoms with Gasteiger partial charge in [0.25, 0.3) is 0 Å². The Balaban J connectivity index is 1.40. The minimum Gasteiger partial charge on any atom is -0.340 e. The third kappa shape index (κ3) is 6.14. The maximum absolute atomic E-state index is 12.5. The first-order chi connectivity index (χ1) is 14.3. The minimum atomic E-state index is -3.61. The Morgan fingerprint density at radius 3 is 2.37 bits per heavy atom. The second-order valence-corrected chi connectivity index (χ2v) is 9.61. The van der Waals surface area contributed by atoms with Crippen LogP contribution in [0.2, 0.25) is 0 Å². The molecule has 30 heavy (non-hydrogen) atoms. The van der Waals surface area contributed by atoms with Gasteiger partial charge in [-0.1, -0.05) is 48.0 Å². The SMILES string of the molecule is Cc1ccc(S(=O)(=O)NCCC(=O)N2CCN(CCc3ccccc3)CC2)c(C)c1. The number of piperazine rings is 1. The summed E-state index contributed by atoms with van der Waals surface area (Å²) in [7, 11) is -3.61. The molecule has 7 heteroatoms. The monoisotopic (exact) mass is 429 g/mol. The molecule has 0 bridgehead atoms. The molecule has 1 heterocycles. The predicted octanol–water partition coefficient (Wildman–Crippen LogP) is 2.36. The number of aryl methyl sites for hydroxylation is 2. The number of hydrogen-bond acceptors (Lipinski definition) is 4. The van der Waals surface area contributed by atoms with Gasteiger partial charge in [0.2, 0.25) is 15.9 Å². The van der Waals surface area contributed by atoms with E-state index in [2.05, 4.69) is 33.9 Å². The topological polar surface area (TPSA) is 69.7 Å². The maximum Gasteiger partial charge on any atom is 0.240 e. The fourth-order valence-electron chi connectivity index (χ4n) is 3.78. The standard InChI is InChI=1S/C23H31N3O3S/c1-19-8-9-22(20(2)18-19)30(28,29)24-12-10-23(27)26-16-14-25(15-17-26)13-11-21-6-4-3-5-7-21/h3-9,18,24H,10-17H2,1-2H3. The Morgan fingerprint density at radius 2 is 1.70 bits per heavy atom. The molecule has 2 aromatic carbocycles. The lowest BCUT2D eigenvalue weighted by molar-refractivity contribution is -0.132. The highest BCUT2D eigenvalue weighted by Crippen LogP contribution is 2.16. The molecule has 1 aliphatic rings. The van der Waals surface area contributed by atoms with Crippen molar-refractivity contribution in [3.05, 3.63) is 65.2 Å². The molecule has 0 radical (unpaired) electrons. The highest BCUT2D eigenvalue weighted by molar-refractivity contribution is 7.89. The molecule has 1 amide bonds. The Hall–Kier alpha value is -2.22. The van der Waals surface area contributed by atoms with Crippen LogP contribution in [0.5, 0.6) is 0 Å². The molecule has 0 saturated carbocycles. The van der Waals surface area contributed by atoms with Gasteiger partial charge in [-0.05, 0) is 37.5 Å². The highest BCUT2D eigenvalue weighted by atomic mass is 32.2. The first-order valence-corrected chi connectivity index (χ1v) is 11.9. The Morgan fingerprint density at radius 1 is 1.00 bits per heavy atom. The van der Waals surface area contributed by atoms with Gasteiger partial charge in [0.15, 0.2) is 0 Å². The molecule has 0 aliphatic carbocycles. The van der Waals surface area contributed by atoms with Crippen molar-refractivity contribution in [1.29, 1.82) is 0 Å². The first kappa shape index (κ1) is 22.5. The number of sulfonamides is 1. The van der Waals surface area contributed by atoms with Crippen LogP contribution in [0.15, 0.2) is 53.4 Å². The number of hydrogen-bond donors (Lipinski definition) is 1. The Bertz CT molecular complexity index is 953. The fourth-order valence-corrected chi connectivity index (χ4v) is 5.04. The predicted molar refractivity (Wildman–Crippen MR) is 119 cm³/mol. The van der Waals surface area contributed by atoms with Gasteiger partial charge >= 0.3 is 0 Å². The van der Waals surface area contributed by atoms with Crippen LogP contribution >= 0.6 is 0 Å². The molecule has 1 aliphatic heterocycles. The molecule has 6 nitrogen and oxygen atoms in total. The quantitative estimate of drug-likeness (QED) is 0.699. The number of nitrogens with zero attached hydrogens (tertiary/aromatic N) is 2. The van der Waals surface area contributed by atoms with E-state index in [1.165, 1.54) is 5.56 Å². The highest BCUT2D eigenvalue weighted by Gasteiger charge is 2.22. The first-order valence-electron chi connectivity index (χ1n) is 10.5. The van der Waals surface area contributed by atoms with Crippen LogP contribution in [-0.2, 0) is 21.2 Å². The van der Waals surface area contributed by atoms with Crippen molar-refractivity contribution >= 4 is 15.9 Å². The summed E-state index contributed by atoms with van der Waals surface area (Å²) in [5.41, 5.74) is 3.05. The molecular weight excluding hydrogens is 398 g/mol. The van der Waals surface area contributed by atoms with Crippen molar-refractivity contribution in [1.82, 2.24) is 14.5 Å². The van der Waals surface area contributed by atoms with Crippen molar-refractivity contribution < 1.29 is 13.2 Å². The molecule has 1 saturated heterocycles. The maximum atomic E-state index is 12.5. The molecular formula is C23H31N3O3S. The largest absolute Gasteiger partial charge is 0.340 e. The van der Waals surface area contributed by atoms with E-state index < -0.39 is 10.0 Å². The summed E-state index contributed by atoms with van der Waals surface area (Å²) in [6, 6.07) is 15.7. The lowest BCUT2D eigenvalue weighted by atomic mass is 10.1. The van der Waals surface area contributed by atoms with Gasteiger partial charge in [-0.3, -0.25) is 9.69 Å². The van der Waals surface area contributed by atoms with Gasteiger partial charge in [0, 0.05) is 45.7 Å². The number of carbonyl (C=O) groups is 1. The second-order valence-electron chi connectivity index (χ2n) is 7.87. The summed E-state index contributed by atoms with van der Waals surface area (Å²) in [5, 5.41) is 0. The van der Waals surface area contributed by atoms with Crippen molar-refractivity contribution in [3.8, 4) is 0 Å². The minimum absolute atomic E-state index is 0.000961. The molecule has 162 valence electrons. The summed E-state index contributed by atoms with van der Waals surface area (Å²) in [5.74, 6) is 0.000961. The van der Waals surface area contributed by atoms with Gasteiger partial charge in [-0.2, -0.15) is 0 Å². The second kappa shape index (κ2) is 10.2. The molecule has 0 spiro atoms. The molecule has 1 N–H and O–H groups in total. The van der Waals surface area contributed by atoms with E-state index >= 15 is 0 Å². The molecule has 2 aromatic rings. The van der Waals surface area contributed by atoms with Gasteiger partial charge < -0.3 is 4.90 Å². The molecule has 1 fully saturated rings. The van der Waals surface area contributed by atoms with E-state index in [4.69, 9.17) is 0 Å². The average Bonchev–Trinajstić information content (AvgIpc) is 2.73. The zero-order chi connectivity index (χ0) is 21.6. The zero-order valence-corrected chi connectivity index (χ0v) is 18.6. The van der Waals surface area contributed by atoms with Gasteiger partial charge in [-0.25, -0.2) is 13.1 Å². The molecule has 0 unspecified atom stereocenters. The van der Waals surface area contributed by atoms with Crippen molar-refractivity contribution in [3.63, 3.8) is 0 Å². The summed E-state index contributed by atoms with van der Waals surface area (Å²) >= 11 is 0. The van der Waals surface area contributed by atoms with Crippen LogP contribution in [0.4, 0.5) is 0 Å². The van der Waals surface area contributed by atoms with Crippen LogP contribution in [0.1, 0.15) is 23.1 Å². The van der Waals surface area contributed by atoms with Gasteiger partial charge in [0.05, 0.1) is 4.90 Å². The Labute approximate surface area is 179 Å². The third-order valence-corrected chi connectivity index (χ3v) is 7.16. The van der Waals surface area contributed by atoms with Crippen molar-refractivity contribution in [2.75, 3.05) is 39.3 Å². The van der Waals surface area contributed by atoms with Crippen LogP contribution in [-0.4, -0.2) is 63.4 Å². The van der Waals surface area contributed by atoms with Crippen molar-refractivity contribution in [2.24, 2.45) is 0 Å². The fraction of sp³-hybridized carbons (Fsp3) is 0.435. The number of nitrogens with one attached hydrogen (secondary N) is 1. The summed E-state index contributed by atoms with van der Waals surface area (Å²) in [6.07, 6.45) is 1.18. The molecule has 0 atom stereocenters. The van der Waals surface area contributed by atoms with E-state index in [0.29, 0.717) is 18.7 Å².